The van der Waals surface area contributed by atoms with Gasteiger partial charge in [0.2, 0.25) is 29.7 Å². The first-order valence-corrected chi connectivity index (χ1v) is 34.9. The number of hydrogen-bond acceptors (Lipinski definition) is 28. The van der Waals surface area contributed by atoms with E-state index in [4.69, 9.17) is 43.6 Å². The van der Waals surface area contributed by atoms with E-state index in [0.29, 0.717) is 88.8 Å². The molecule has 0 aliphatic carbocycles. The molecule has 0 saturated carbocycles. The van der Waals surface area contributed by atoms with Crippen LogP contribution in [-0.2, 0) is 24.2 Å². The Morgan fingerprint density at radius 2 is 0.759 bits per heavy atom. The topological polar surface area (TPSA) is 320 Å². The van der Waals surface area contributed by atoms with E-state index in [-0.39, 0.29) is 5.91 Å². The number of carbonyl (C=O) groups is 2. The van der Waals surface area contributed by atoms with Crippen LogP contribution in [0.25, 0.3) is 32.7 Å². The number of nitrogens with one attached hydrogen (secondary N) is 1. The molecule has 554 valence electrons. The summed E-state index contributed by atoms with van der Waals surface area (Å²) < 4.78 is 43.7. The first-order chi connectivity index (χ1) is 52.9. The van der Waals surface area contributed by atoms with Crippen molar-refractivity contribution in [3.8, 4) is 46.0 Å². The summed E-state index contributed by atoms with van der Waals surface area (Å²) >= 11 is 0. The molecule has 2 amide bonds. The summed E-state index contributed by atoms with van der Waals surface area (Å²) in [6.07, 6.45) is 16.1. The van der Waals surface area contributed by atoms with Gasteiger partial charge in [-0.15, -0.1) is 0 Å². The van der Waals surface area contributed by atoms with Crippen molar-refractivity contribution in [2.24, 2.45) is 5.73 Å². The third-order valence-electron chi connectivity index (χ3n) is 18.6. The molecule has 6 aromatic carbocycles. The highest BCUT2D eigenvalue weighted by molar-refractivity contribution is 5.95. The molecule has 108 heavy (non-hydrogen) atoms. The highest BCUT2D eigenvalue weighted by atomic mass is 16.5. The van der Waals surface area contributed by atoms with E-state index in [1.54, 1.807) is 106 Å². The molecular weight excluding hydrogens is 1380 g/mol. The summed E-state index contributed by atoms with van der Waals surface area (Å²) in [5, 5.41) is 5.62. The van der Waals surface area contributed by atoms with E-state index in [1.807, 2.05) is 116 Å². The maximum absolute atomic E-state index is 12.3. The fourth-order valence-corrected chi connectivity index (χ4v) is 12.9. The van der Waals surface area contributed by atoms with Gasteiger partial charge in [0.05, 0.1) is 103 Å². The van der Waals surface area contributed by atoms with E-state index in [9.17, 15) is 9.59 Å². The molecular formula is C78H82N20O10. The van der Waals surface area contributed by atoms with Crippen LogP contribution in [0.15, 0.2) is 171 Å². The van der Waals surface area contributed by atoms with Crippen LogP contribution in [0.3, 0.4) is 0 Å². The zero-order chi connectivity index (χ0) is 74.9. The molecule has 9 heterocycles. The zero-order valence-corrected chi connectivity index (χ0v) is 61.0. The molecule has 3 aliphatic rings. The first kappa shape index (κ1) is 73.0. The van der Waals surface area contributed by atoms with Crippen LogP contribution in [0.4, 0.5) is 41.0 Å². The number of amides is 2. The monoisotopic (exact) mass is 1460 g/mol. The Morgan fingerprint density at radius 3 is 1.17 bits per heavy atom. The number of hydrogen-bond donors (Lipinski definition) is 2. The lowest BCUT2D eigenvalue weighted by atomic mass is 10.0. The zero-order valence-electron chi connectivity index (χ0n) is 61.0. The third kappa shape index (κ3) is 17.4. The van der Waals surface area contributed by atoms with E-state index in [1.165, 1.54) is 0 Å². The van der Waals surface area contributed by atoms with Crippen LogP contribution in [0.2, 0.25) is 0 Å². The van der Waals surface area contributed by atoms with Gasteiger partial charge in [0, 0.05) is 137 Å². The summed E-state index contributed by atoms with van der Waals surface area (Å²) in [7, 11) is 11.4. The second-order valence-corrected chi connectivity index (χ2v) is 25.2. The van der Waals surface area contributed by atoms with E-state index >= 15 is 0 Å². The lowest BCUT2D eigenvalue weighted by molar-refractivity contribution is -0.115. The van der Waals surface area contributed by atoms with Gasteiger partial charge < -0.3 is 78.3 Å². The van der Waals surface area contributed by atoms with Gasteiger partial charge in [0.15, 0.2) is 40.2 Å². The molecule has 30 nitrogen and oxygen atoms in total. The number of ether oxygens (including phenoxy) is 8. The highest BCUT2D eigenvalue weighted by Crippen LogP contribution is 2.39. The van der Waals surface area contributed by atoms with Gasteiger partial charge in [-0.3, -0.25) is 9.59 Å². The van der Waals surface area contributed by atoms with Gasteiger partial charge >= 0.3 is 0 Å². The average Bonchev–Trinajstić information content (AvgIpc) is 0.791. The van der Waals surface area contributed by atoms with Crippen molar-refractivity contribution in [2.75, 3.05) is 163 Å². The quantitative estimate of drug-likeness (QED) is 0.0640. The average molecular weight is 1460 g/mol. The largest absolute Gasteiger partial charge is 0.497 e. The summed E-state index contributed by atoms with van der Waals surface area (Å²) in [5.74, 6) is 9.41. The molecule has 3 saturated heterocycles. The Hall–Kier alpha value is -13.3. The number of anilines is 7. The summed E-state index contributed by atoms with van der Waals surface area (Å²) in [4.78, 5) is 91.0. The predicted octanol–water partition coefficient (Wildman–Crippen LogP) is 8.75. The van der Waals surface area contributed by atoms with Crippen LogP contribution < -0.4 is 78.3 Å². The van der Waals surface area contributed by atoms with E-state index in [0.717, 1.165) is 157 Å². The fourth-order valence-electron chi connectivity index (χ4n) is 12.9. The van der Waals surface area contributed by atoms with E-state index < -0.39 is 5.91 Å². The third-order valence-corrected chi connectivity index (χ3v) is 18.6. The molecule has 30 heteroatoms. The number of primary amides is 1. The second kappa shape index (κ2) is 34.5. The van der Waals surface area contributed by atoms with Gasteiger partial charge in [-0.2, -0.15) is 0 Å². The summed E-state index contributed by atoms with van der Waals surface area (Å²) in [5.41, 5.74) is 12.8. The van der Waals surface area contributed by atoms with Crippen molar-refractivity contribution in [3.05, 3.63) is 199 Å². The van der Waals surface area contributed by atoms with Crippen molar-refractivity contribution in [3.63, 3.8) is 0 Å². The molecule has 0 unspecified atom stereocenters. The minimum atomic E-state index is -0.434. The molecule has 0 atom stereocenters. The maximum Gasteiger partial charge on any atom is 0.248 e. The fraction of sp³-hybridized carbons (Fsp3) is 0.282. The van der Waals surface area contributed by atoms with Crippen molar-refractivity contribution in [2.45, 2.75) is 19.4 Å². The van der Waals surface area contributed by atoms with Gasteiger partial charge in [-0.25, -0.2) is 59.8 Å². The summed E-state index contributed by atoms with van der Waals surface area (Å²) in [6.45, 7) is 9.56. The summed E-state index contributed by atoms with van der Waals surface area (Å²) in [6, 6.07) is 36.1. The Balaban J connectivity index is 0.000000143. The number of piperazine rings is 3. The lowest BCUT2D eigenvalue weighted by Gasteiger charge is -2.35. The number of nitrogens with two attached hydrogens (primary N) is 1. The molecule has 3 N–H and O–H groups in total. The number of rotatable bonds is 22. The number of benzene rings is 6. The molecule has 0 bridgehead atoms. The molecule has 3 aliphatic heterocycles. The van der Waals surface area contributed by atoms with Crippen LogP contribution in [0.1, 0.15) is 32.6 Å². The Morgan fingerprint density at radius 1 is 0.370 bits per heavy atom. The molecule has 0 radical (unpaired) electrons. The van der Waals surface area contributed by atoms with Crippen LogP contribution in [0.5, 0.6) is 46.0 Å². The Bertz CT molecular complexity index is 5040. The molecule has 6 aromatic heterocycles. The molecule has 3 fully saturated rings. The van der Waals surface area contributed by atoms with Crippen LogP contribution in [-0.4, -0.2) is 200 Å². The van der Waals surface area contributed by atoms with Gasteiger partial charge in [-0.05, 0) is 64.7 Å². The Kier molecular flexibility index (Phi) is 23.4. The number of methoxy groups -OCH3 is 7. The number of carbonyl (C=O) groups excluding carboxylic acids is 2. The number of nitrogens with zero attached hydrogens (tertiary/aromatic N) is 18. The van der Waals surface area contributed by atoms with E-state index in [2.05, 4.69) is 94.5 Å². The van der Waals surface area contributed by atoms with Crippen molar-refractivity contribution in [1.82, 2.24) is 59.8 Å². The minimum absolute atomic E-state index is 0.0995. The van der Waals surface area contributed by atoms with Gasteiger partial charge in [-0.1, -0.05) is 54.6 Å². The minimum Gasteiger partial charge on any atom is -0.497 e. The smallest absolute Gasteiger partial charge is 0.248 e. The Labute approximate surface area is 623 Å². The standard InChI is InChI=1S/2C26H27N7O3.C26H28N6O4/c1-35-22-12-20-21(13-23(22)36-2)30-16-31-25(20)32-6-8-33(9-7-32)26-28-14-18(15-29-26)10-17-4-3-5-19(11-17)24(27)34;1-35-22-13-20-21(14-23(22)36-2)29-17-30-25(20)32-8-10-33(11-9-32)26-27-15-19(16-28-26)31-24(34)12-18-6-4-3-5-7-18;1-33-19-6-4-18(5-7-19)16-36-20-14-27-26(28-15-20)32-10-8-31(9-11-32)25-21-12-23(34-2)24(35-3)13-22(21)29-17-30-25/h3-5,11-16H,6-10H2,1-2H3,(H2,27,34);3-7,13-17H,8-12H2,1-2H3,(H,31,34);4-7,12-15,17H,8-11,16H2,1-3H3. The molecule has 12 aromatic rings. The highest BCUT2D eigenvalue weighted by Gasteiger charge is 2.27. The number of fused-ring (bicyclic) bond motifs is 3. The normalized spacial score (nSPS) is 13.5. The van der Waals surface area contributed by atoms with Crippen molar-refractivity contribution in [1.29, 1.82) is 0 Å². The SMILES string of the molecule is COc1cc2ncnc(N3CCN(c4ncc(Cc5cccc(C(N)=O)c5)cn4)CC3)c2cc1OC.COc1cc2ncnc(N3CCN(c4ncc(NC(=O)Cc5ccccc5)cn4)CC3)c2cc1OC.COc1ccc(COc2cnc(N3CCN(c4ncnc5cc(OC)c(OC)cc45)CC3)nc2)cc1. The molecule has 15 rings (SSSR count). The molecule has 0 spiro atoms. The van der Waals surface area contributed by atoms with Crippen LogP contribution in [0, 0.1) is 0 Å². The van der Waals surface area contributed by atoms with Gasteiger partial charge in [0.25, 0.3) is 0 Å². The maximum atomic E-state index is 12.3. The van der Waals surface area contributed by atoms with Gasteiger partial charge in [0.1, 0.15) is 48.8 Å². The van der Waals surface area contributed by atoms with Crippen LogP contribution >= 0.6 is 0 Å². The van der Waals surface area contributed by atoms with Crippen molar-refractivity contribution >= 4 is 85.5 Å². The number of aromatic nitrogens is 12. The lowest BCUT2D eigenvalue weighted by Crippen LogP contribution is -2.47. The predicted molar refractivity (Wildman–Crippen MR) is 411 cm³/mol. The van der Waals surface area contributed by atoms with Crippen molar-refractivity contribution < 1.29 is 47.5 Å². The first-order valence-electron chi connectivity index (χ1n) is 34.9. The second-order valence-electron chi connectivity index (χ2n) is 25.2.